The van der Waals surface area contributed by atoms with E-state index in [1.54, 1.807) is 104 Å². The van der Waals surface area contributed by atoms with E-state index in [0.29, 0.717) is 85.8 Å². The summed E-state index contributed by atoms with van der Waals surface area (Å²) in [4.78, 5) is 89.8. The van der Waals surface area contributed by atoms with Gasteiger partial charge in [-0.2, -0.15) is 0 Å². The van der Waals surface area contributed by atoms with Gasteiger partial charge in [-0.15, -0.1) is 0 Å². The third-order valence-corrected chi connectivity index (χ3v) is 16.6. The minimum atomic E-state index is -0.503. The van der Waals surface area contributed by atoms with Crippen LogP contribution in [0.2, 0.25) is 15.1 Å². The number of nitrogens with zero attached hydrogens (tertiary/aromatic N) is 9. The molecule has 0 bridgehead atoms. The topological polar surface area (TPSA) is 350 Å². The van der Waals surface area contributed by atoms with E-state index < -0.39 is 12.1 Å². The first kappa shape index (κ1) is 67.9. The molecule has 96 heavy (non-hydrogen) atoms. The zero-order chi connectivity index (χ0) is 68.5. The molecule has 0 aliphatic heterocycles. The number of nitrogens with two attached hydrogens (primary N) is 5. The molecule has 0 fully saturated rings. The Balaban J connectivity index is 0.000000157. The Morgan fingerprint density at radius 2 is 0.740 bits per heavy atom. The molecule has 21 nitrogen and oxygen atoms in total. The maximum absolute atomic E-state index is 13.0. The van der Waals surface area contributed by atoms with Crippen LogP contribution >= 0.6 is 34.8 Å². The lowest BCUT2D eigenvalue weighted by Crippen LogP contribution is -2.25. The van der Waals surface area contributed by atoms with E-state index in [0.717, 1.165) is 94.3 Å². The smallest absolute Gasteiger partial charge is 0.251 e. The summed E-state index contributed by atoms with van der Waals surface area (Å²) in [5.41, 5.74) is 45.5. The van der Waals surface area contributed by atoms with Crippen LogP contribution in [-0.2, 0) is 19.6 Å². The normalized spacial score (nSPS) is 11.6. The number of hydrogen-bond acceptors (Lipinski definition) is 18. The molecule has 3 aromatic carbocycles. The zero-order valence-corrected chi connectivity index (χ0v) is 55.3. The number of aryl methyl sites for hydroxylation is 6. The van der Waals surface area contributed by atoms with Gasteiger partial charge in [-0.3, -0.25) is 49.1 Å². The average molecular weight is 1340 g/mol. The molecular formula is C72H66Cl3N17O4. The van der Waals surface area contributed by atoms with Gasteiger partial charge in [0.2, 0.25) is 5.78 Å². The van der Waals surface area contributed by atoms with Crippen LogP contribution in [0.4, 0.5) is 17.5 Å². The van der Waals surface area contributed by atoms with Gasteiger partial charge in [-0.1, -0.05) is 46.9 Å². The van der Waals surface area contributed by atoms with Crippen LogP contribution in [0.5, 0.6) is 0 Å². The van der Waals surface area contributed by atoms with E-state index in [9.17, 15) is 19.2 Å². The minimum Gasteiger partial charge on any atom is -0.384 e. The van der Waals surface area contributed by atoms with Crippen molar-refractivity contribution >= 4 is 108 Å². The predicted molar refractivity (Wildman–Crippen MR) is 376 cm³/mol. The van der Waals surface area contributed by atoms with Gasteiger partial charge in [0, 0.05) is 112 Å². The Labute approximate surface area is 567 Å². The number of nitrogens with one attached hydrogen (secondary N) is 3. The quantitative estimate of drug-likeness (QED) is 0.0442. The predicted octanol–water partition coefficient (Wildman–Crippen LogP) is 11.7. The summed E-state index contributed by atoms with van der Waals surface area (Å²) in [5.74, 6) is 0.336. The number of ketones is 1. The summed E-state index contributed by atoms with van der Waals surface area (Å²) in [5, 5.41) is 12.9. The summed E-state index contributed by atoms with van der Waals surface area (Å²) in [7, 11) is 0. The van der Waals surface area contributed by atoms with Gasteiger partial charge in [0.15, 0.2) is 0 Å². The molecule has 0 saturated carbocycles. The molecule has 3 amide bonds. The van der Waals surface area contributed by atoms with Gasteiger partial charge in [0.05, 0.1) is 55.1 Å². The van der Waals surface area contributed by atoms with Crippen molar-refractivity contribution in [2.45, 2.75) is 73.3 Å². The molecule has 484 valence electrons. The van der Waals surface area contributed by atoms with Gasteiger partial charge in [0.1, 0.15) is 23.1 Å². The van der Waals surface area contributed by atoms with Crippen molar-refractivity contribution in [1.82, 2.24) is 60.8 Å². The zero-order valence-electron chi connectivity index (χ0n) is 53.0. The number of hydrogen-bond donors (Lipinski definition) is 8. The largest absolute Gasteiger partial charge is 0.384 e. The van der Waals surface area contributed by atoms with Gasteiger partial charge in [0.25, 0.3) is 17.7 Å². The van der Waals surface area contributed by atoms with E-state index in [4.69, 9.17) is 63.5 Å². The van der Waals surface area contributed by atoms with Gasteiger partial charge in [-0.05, 0) is 201 Å². The van der Waals surface area contributed by atoms with Gasteiger partial charge in [-0.25, -0.2) is 15.0 Å². The molecule has 13 N–H and O–H groups in total. The Morgan fingerprint density at radius 1 is 0.396 bits per heavy atom. The first-order chi connectivity index (χ1) is 45.9. The van der Waals surface area contributed by atoms with E-state index in [2.05, 4.69) is 60.8 Å². The van der Waals surface area contributed by atoms with E-state index in [1.165, 1.54) is 12.3 Å². The van der Waals surface area contributed by atoms with Crippen LogP contribution in [0.15, 0.2) is 165 Å². The molecule has 0 radical (unpaired) electrons. The SMILES string of the molecule is Cc1cc(N)nc(C)c1CNC(=O)c1ccnc(C(=O)c2ccc3ncc(Cl)cc3c2)c1.Cc1cc(N)nc(C)c1CNC(=O)c1ccnc(C(N)c2ccc3ncc(Cl)cc3c2)c1.Cc1cc(N)nc(C)c1CNC(=O)c1ccnc(C(N)c2ccc3ncc(Cl)cc3c2)c1. The lowest BCUT2D eigenvalue weighted by Gasteiger charge is -2.14. The summed E-state index contributed by atoms with van der Waals surface area (Å²) < 4.78 is 0. The number of carbonyl (C=O) groups excluding carboxylic acids is 4. The number of fused-ring (bicyclic) bond motifs is 3. The van der Waals surface area contributed by atoms with Crippen LogP contribution < -0.4 is 44.6 Å². The molecule has 2 unspecified atom stereocenters. The maximum Gasteiger partial charge on any atom is 0.251 e. The lowest BCUT2D eigenvalue weighted by atomic mass is 10.0. The number of amides is 3. The summed E-state index contributed by atoms with van der Waals surface area (Å²) in [6.07, 6.45) is 9.39. The number of rotatable bonds is 15. The summed E-state index contributed by atoms with van der Waals surface area (Å²) in [6.45, 7) is 12.4. The molecule has 24 heteroatoms. The van der Waals surface area contributed by atoms with E-state index in [-0.39, 0.29) is 29.2 Å². The number of benzene rings is 3. The highest BCUT2D eigenvalue weighted by molar-refractivity contribution is 6.31. The van der Waals surface area contributed by atoms with E-state index >= 15 is 0 Å². The fraction of sp³-hybridized carbons (Fsp3) is 0.153. The van der Waals surface area contributed by atoms with Gasteiger partial charge >= 0.3 is 0 Å². The second kappa shape index (κ2) is 30.0. The number of halogens is 3. The van der Waals surface area contributed by atoms with Crippen LogP contribution in [0, 0.1) is 41.5 Å². The maximum atomic E-state index is 13.0. The van der Waals surface area contributed by atoms with Crippen molar-refractivity contribution in [2.75, 3.05) is 17.2 Å². The van der Waals surface area contributed by atoms with E-state index in [1.807, 2.05) is 90.1 Å². The van der Waals surface area contributed by atoms with Crippen LogP contribution in [0.25, 0.3) is 32.7 Å². The Kier molecular flexibility index (Phi) is 21.2. The molecular weight excluding hydrogens is 1270 g/mol. The number of anilines is 3. The van der Waals surface area contributed by atoms with Crippen molar-refractivity contribution in [1.29, 1.82) is 0 Å². The molecule has 12 aromatic rings. The highest BCUT2D eigenvalue weighted by atomic mass is 35.5. The number of pyridine rings is 9. The first-order valence-electron chi connectivity index (χ1n) is 30.1. The molecule has 9 aromatic heterocycles. The standard InChI is InChI=1S/2C24H23ClN6O.C24H20ClN5O2/c2*1-13-7-22(26)31-14(2)19(13)12-30-24(32)16-5-6-28-21(10-16)23(27)15-3-4-20-17(8-15)9-18(25)11-29-20;1-13-7-22(26)30-14(2)19(13)12-29-24(32)16-5-6-27-21(10-16)23(31)15-3-4-20-17(8-15)9-18(25)11-28-20/h2*3-11,23H,12,27H2,1-2H3,(H2,26,31)(H,30,32);3-11H,12H2,1-2H3,(H2,26,30)(H,29,32). The second-order valence-electron chi connectivity index (χ2n) is 22.8. The average Bonchev–Trinajstić information content (AvgIpc) is 0.865. The first-order valence-corrected chi connectivity index (χ1v) is 31.2. The monoisotopic (exact) mass is 1340 g/mol. The summed E-state index contributed by atoms with van der Waals surface area (Å²) in [6, 6.07) is 36.2. The molecule has 0 spiro atoms. The third-order valence-electron chi connectivity index (χ3n) is 15.9. The number of nitrogen functional groups attached to an aromatic ring is 3. The van der Waals surface area contributed by atoms with Crippen molar-refractivity contribution in [3.63, 3.8) is 0 Å². The molecule has 0 aliphatic rings. The molecule has 0 aliphatic carbocycles. The highest BCUT2D eigenvalue weighted by Gasteiger charge is 2.20. The lowest BCUT2D eigenvalue weighted by molar-refractivity contribution is 0.0942. The number of carbonyl (C=O) groups is 4. The Hall–Kier alpha value is -10.9. The van der Waals surface area contributed by atoms with Crippen LogP contribution in [0.3, 0.4) is 0 Å². The van der Waals surface area contributed by atoms with Crippen molar-refractivity contribution in [3.8, 4) is 0 Å². The Morgan fingerprint density at radius 3 is 1.11 bits per heavy atom. The van der Waals surface area contributed by atoms with Crippen LogP contribution in [0.1, 0.15) is 132 Å². The fourth-order valence-electron chi connectivity index (χ4n) is 10.9. The molecule has 9 heterocycles. The third kappa shape index (κ3) is 16.5. The molecule has 2 atom stereocenters. The van der Waals surface area contributed by atoms with Crippen molar-refractivity contribution in [2.24, 2.45) is 11.5 Å². The summed E-state index contributed by atoms with van der Waals surface area (Å²) >= 11 is 18.1. The number of aromatic nitrogens is 9. The molecule has 0 saturated heterocycles. The van der Waals surface area contributed by atoms with Crippen molar-refractivity contribution < 1.29 is 19.2 Å². The van der Waals surface area contributed by atoms with Crippen LogP contribution in [-0.4, -0.2) is 68.4 Å². The highest BCUT2D eigenvalue weighted by Crippen LogP contribution is 2.28. The minimum absolute atomic E-state index is 0.175. The Bertz CT molecular complexity index is 4720. The second-order valence-corrected chi connectivity index (χ2v) is 24.1. The molecule has 12 rings (SSSR count). The fourth-order valence-corrected chi connectivity index (χ4v) is 11.4. The van der Waals surface area contributed by atoms with Gasteiger partial charge < -0.3 is 44.6 Å². The van der Waals surface area contributed by atoms with Crippen molar-refractivity contribution in [3.05, 3.63) is 281 Å².